The number of hydrogen-bond donors (Lipinski definition) is 2. The van der Waals surface area contributed by atoms with E-state index < -0.39 is 11.4 Å². The molecule has 0 aliphatic carbocycles. The lowest BCUT2D eigenvalue weighted by Gasteiger charge is -2.31. The van der Waals surface area contributed by atoms with Crippen LogP contribution in [0.1, 0.15) is 51.8 Å². The molecule has 3 heteroatoms. The second-order valence-corrected chi connectivity index (χ2v) is 6.62. The summed E-state index contributed by atoms with van der Waals surface area (Å²) in [7, 11) is 1.80. The first-order valence-electron chi connectivity index (χ1n) is 6.62. The normalized spacial score (nSPS) is 14.2. The summed E-state index contributed by atoms with van der Waals surface area (Å²) in [5.41, 5.74) is 1.51. The van der Waals surface area contributed by atoms with Crippen LogP contribution in [-0.4, -0.2) is 18.1 Å². The van der Waals surface area contributed by atoms with Gasteiger partial charge in [-0.3, -0.25) is 4.79 Å². The summed E-state index contributed by atoms with van der Waals surface area (Å²) in [4.78, 5) is 11.4. The van der Waals surface area contributed by atoms with Gasteiger partial charge in [-0.05, 0) is 37.4 Å². The number of benzene rings is 1. The van der Waals surface area contributed by atoms with Gasteiger partial charge in [0.2, 0.25) is 0 Å². The summed E-state index contributed by atoms with van der Waals surface area (Å²) in [5, 5.41) is 12.5. The van der Waals surface area contributed by atoms with Crippen molar-refractivity contribution in [3.63, 3.8) is 0 Å². The van der Waals surface area contributed by atoms with E-state index in [1.165, 1.54) is 5.56 Å². The van der Waals surface area contributed by atoms with Gasteiger partial charge in [0.25, 0.3) is 0 Å². The molecule has 0 spiro atoms. The lowest BCUT2D eigenvalue weighted by atomic mass is 9.79. The van der Waals surface area contributed by atoms with Gasteiger partial charge in [0.05, 0.1) is 5.41 Å². The molecule has 19 heavy (non-hydrogen) atoms. The Morgan fingerprint density at radius 3 is 1.89 bits per heavy atom. The maximum Gasteiger partial charge on any atom is 0.311 e. The van der Waals surface area contributed by atoms with E-state index in [9.17, 15) is 9.90 Å². The Hall–Kier alpha value is -1.35. The van der Waals surface area contributed by atoms with Crippen molar-refractivity contribution in [2.45, 2.75) is 46.1 Å². The van der Waals surface area contributed by atoms with Crippen LogP contribution in [0.25, 0.3) is 0 Å². The predicted octanol–water partition coefficient (Wildman–Crippen LogP) is 3.36. The van der Waals surface area contributed by atoms with Gasteiger partial charge in [0.1, 0.15) is 0 Å². The summed E-state index contributed by atoms with van der Waals surface area (Å²) >= 11 is 0. The van der Waals surface area contributed by atoms with E-state index in [2.05, 4.69) is 38.2 Å². The number of aliphatic carboxylic acids is 1. The molecular formula is C16H25NO2. The Balaban J connectivity index is 3.11. The first-order chi connectivity index (χ1) is 8.60. The van der Waals surface area contributed by atoms with E-state index in [1.54, 1.807) is 20.9 Å². The number of carboxylic acids is 1. The van der Waals surface area contributed by atoms with E-state index in [4.69, 9.17) is 0 Å². The Kier molecular flexibility index (Phi) is 4.41. The second-order valence-electron chi connectivity index (χ2n) is 6.62. The van der Waals surface area contributed by atoms with Gasteiger partial charge in [-0.15, -0.1) is 0 Å². The minimum Gasteiger partial charge on any atom is -0.481 e. The summed E-state index contributed by atoms with van der Waals surface area (Å²) in [6, 6.07) is 7.99. The third kappa shape index (κ3) is 3.35. The van der Waals surface area contributed by atoms with Crippen molar-refractivity contribution < 1.29 is 9.90 Å². The van der Waals surface area contributed by atoms with E-state index in [1.807, 2.05) is 12.1 Å². The topological polar surface area (TPSA) is 49.3 Å². The van der Waals surface area contributed by atoms with Crippen LogP contribution in [0, 0.1) is 5.41 Å². The molecule has 0 aliphatic heterocycles. The molecule has 3 nitrogen and oxygen atoms in total. The van der Waals surface area contributed by atoms with Crippen LogP contribution < -0.4 is 5.32 Å². The van der Waals surface area contributed by atoms with Crippen LogP contribution in [0.5, 0.6) is 0 Å². The van der Waals surface area contributed by atoms with Crippen molar-refractivity contribution in [3.8, 4) is 0 Å². The Labute approximate surface area is 116 Å². The maximum absolute atomic E-state index is 11.4. The zero-order valence-corrected chi connectivity index (χ0v) is 12.7. The number of hydrogen-bond acceptors (Lipinski definition) is 2. The average molecular weight is 263 g/mol. The number of nitrogens with one attached hydrogen (secondary N) is 1. The zero-order chi connectivity index (χ0) is 14.8. The van der Waals surface area contributed by atoms with Gasteiger partial charge in [0, 0.05) is 6.04 Å². The van der Waals surface area contributed by atoms with E-state index in [-0.39, 0.29) is 11.5 Å². The molecule has 1 aromatic carbocycles. The summed E-state index contributed by atoms with van der Waals surface area (Å²) < 4.78 is 0. The molecule has 1 aromatic rings. The van der Waals surface area contributed by atoms with Gasteiger partial charge in [-0.25, -0.2) is 0 Å². The van der Waals surface area contributed by atoms with E-state index in [0.29, 0.717) is 0 Å². The molecule has 1 unspecified atom stereocenters. The quantitative estimate of drug-likeness (QED) is 0.875. The minimum atomic E-state index is -0.849. The van der Waals surface area contributed by atoms with Crippen LogP contribution in [0.4, 0.5) is 0 Å². The third-order valence-electron chi connectivity index (χ3n) is 3.67. The highest BCUT2D eigenvalue weighted by molar-refractivity contribution is 5.75. The summed E-state index contributed by atoms with van der Waals surface area (Å²) in [6.07, 6.45) is 0. The van der Waals surface area contributed by atoms with Gasteiger partial charge in [0.15, 0.2) is 0 Å². The fraction of sp³-hybridized carbons (Fsp3) is 0.562. The molecule has 2 N–H and O–H groups in total. The Morgan fingerprint density at radius 2 is 1.58 bits per heavy atom. The standard InChI is InChI=1S/C16H25NO2/c1-15(2,3)12-9-7-11(8-10-12)13(17-6)16(4,5)14(18)19/h7-10,13,17H,1-6H3,(H,18,19). The molecular weight excluding hydrogens is 238 g/mol. The molecule has 0 heterocycles. The van der Waals surface area contributed by atoms with E-state index in [0.717, 1.165) is 5.56 Å². The van der Waals surface area contributed by atoms with Crippen LogP contribution in [0.2, 0.25) is 0 Å². The van der Waals surface area contributed by atoms with Crippen molar-refractivity contribution in [1.29, 1.82) is 0 Å². The van der Waals surface area contributed by atoms with Crippen LogP contribution >= 0.6 is 0 Å². The van der Waals surface area contributed by atoms with Crippen LogP contribution in [0.15, 0.2) is 24.3 Å². The molecule has 1 atom stereocenters. The zero-order valence-electron chi connectivity index (χ0n) is 12.7. The highest BCUT2D eigenvalue weighted by Crippen LogP contribution is 2.34. The molecule has 1 rings (SSSR count). The average Bonchev–Trinajstić information content (AvgIpc) is 2.28. The smallest absolute Gasteiger partial charge is 0.311 e. The SMILES string of the molecule is CNC(c1ccc(C(C)(C)C)cc1)C(C)(C)C(=O)O. The monoisotopic (exact) mass is 263 g/mol. The van der Waals surface area contributed by atoms with Crippen molar-refractivity contribution in [1.82, 2.24) is 5.32 Å². The van der Waals surface area contributed by atoms with Crippen LogP contribution in [0.3, 0.4) is 0 Å². The number of carboxylic acid groups (broad SMARTS) is 1. The van der Waals surface area contributed by atoms with E-state index >= 15 is 0 Å². The molecule has 0 aromatic heterocycles. The van der Waals surface area contributed by atoms with Crippen molar-refractivity contribution in [2.75, 3.05) is 7.05 Å². The molecule has 0 amide bonds. The maximum atomic E-state index is 11.4. The number of rotatable bonds is 4. The molecule has 106 valence electrons. The summed E-state index contributed by atoms with van der Waals surface area (Å²) in [5.74, 6) is -0.799. The minimum absolute atomic E-state index is 0.107. The molecule has 0 fully saturated rings. The lowest BCUT2D eigenvalue weighted by molar-refractivity contribution is -0.148. The molecule has 0 bridgehead atoms. The third-order valence-corrected chi connectivity index (χ3v) is 3.67. The highest BCUT2D eigenvalue weighted by atomic mass is 16.4. The van der Waals surface area contributed by atoms with Crippen molar-refractivity contribution in [3.05, 3.63) is 35.4 Å². The van der Waals surface area contributed by atoms with Gasteiger partial charge in [-0.2, -0.15) is 0 Å². The van der Waals surface area contributed by atoms with Crippen molar-refractivity contribution in [2.24, 2.45) is 5.41 Å². The van der Waals surface area contributed by atoms with Gasteiger partial charge < -0.3 is 10.4 Å². The van der Waals surface area contributed by atoms with Crippen LogP contribution in [-0.2, 0) is 10.2 Å². The summed E-state index contributed by atoms with van der Waals surface area (Å²) in [6.45, 7) is 9.98. The highest BCUT2D eigenvalue weighted by Gasteiger charge is 2.37. The first-order valence-corrected chi connectivity index (χ1v) is 6.62. The first kappa shape index (κ1) is 15.7. The molecule has 0 aliphatic rings. The predicted molar refractivity (Wildman–Crippen MR) is 78.4 cm³/mol. The van der Waals surface area contributed by atoms with Gasteiger partial charge >= 0.3 is 5.97 Å². The molecule has 0 radical (unpaired) electrons. The fourth-order valence-electron chi connectivity index (χ4n) is 2.24. The lowest BCUT2D eigenvalue weighted by Crippen LogP contribution is -2.38. The Bertz CT molecular complexity index is 441. The van der Waals surface area contributed by atoms with Gasteiger partial charge in [-0.1, -0.05) is 45.0 Å². The second kappa shape index (κ2) is 5.33. The largest absolute Gasteiger partial charge is 0.481 e. The Morgan fingerprint density at radius 1 is 1.11 bits per heavy atom. The fourth-order valence-corrected chi connectivity index (χ4v) is 2.24. The number of carbonyl (C=O) groups is 1. The molecule has 0 saturated carbocycles. The molecule has 0 saturated heterocycles. The van der Waals surface area contributed by atoms with Crippen molar-refractivity contribution >= 4 is 5.97 Å².